The quantitative estimate of drug-likeness (QED) is 0.717. The number of rotatable bonds is 6. The number of likely N-dealkylation sites (tertiary alicyclic amines) is 1. The van der Waals surface area contributed by atoms with Crippen LogP contribution in [-0.2, 0) is 4.79 Å². The van der Waals surface area contributed by atoms with E-state index in [9.17, 15) is 4.79 Å². The minimum absolute atomic E-state index is 0.207. The highest BCUT2D eigenvalue weighted by molar-refractivity contribution is 5.78. The fourth-order valence-electron chi connectivity index (χ4n) is 4.80. The topological polar surface area (TPSA) is 52.8 Å². The molecule has 2 aliphatic heterocycles. The summed E-state index contributed by atoms with van der Waals surface area (Å²) in [6.45, 7) is 9.36. The van der Waals surface area contributed by atoms with Crippen molar-refractivity contribution < 1.29 is 9.21 Å². The summed E-state index contributed by atoms with van der Waals surface area (Å²) in [6, 6.07) is 9.33. The number of aromatic nitrogens is 1. The van der Waals surface area contributed by atoms with Gasteiger partial charge in [-0.15, -0.1) is 0 Å². The van der Waals surface area contributed by atoms with Gasteiger partial charge in [-0.2, -0.15) is 4.98 Å². The molecule has 6 nitrogen and oxygen atoms in total. The Morgan fingerprint density at radius 3 is 2.50 bits per heavy atom. The van der Waals surface area contributed by atoms with Crippen LogP contribution in [0.15, 0.2) is 28.7 Å². The SMILES string of the molecule is CC(C)CCN(C)C(=O)C1CCN(C2CCN(c3nc4ccccc4o3)CC2)CC1. The lowest BCUT2D eigenvalue weighted by Crippen LogP contribution is -2.49. The molecule has 0 saturated carbocycles. The maximum Gasteiger partial charge on any atom is 0.298 e. The number of hydrogen-bond donors (Lipinski definition) is 0. The van der Waals surface area contributed by atoms with Gasteiger partial charge in [0.25, 0.3) is 6.01 Å². The summed E-state index contributed by atoms with van der Waals surface area (Å²) in [7, 11) is 1.97. The predicted molar refractivity (Wildman–Crippen MR) is 121 cm³/mol. The van der Waals surface area contributed by atoms with Gasteiger partial charge in [-0.25, -0.2) is 0 Å². The zero-order chi connectivity index (χ0) is 21.1. The number of nitrogens with zero attached hydrogens (tertiary/aromatic N) is 4. The van der Waals surface area contributed by atoms with E-state index in [2.05, 4.69) is 28.6 Å². The fourth-order valence-corrected chi connectivity index (χ4v) is 4.80. The molecule has 1 aromatic heterocycles. The van der Waals surface area contributed by atoms with E-state index in [4.69, 9.17) is 4.42 Å². The van der Waals surface area contributed by atoms with E-state index in [-0.39, 0.29) is 5.92 Å². The Bertz CT molecular complexity index is 800. The minimum atomic E-state index is 0.207. The van der Waals surface area contributed by atoms with Crippen LogP contribution < -0.4 is 4.90 Å². The van der Waals surface area contributed by atoms with Crippen LogP contribution in [0.1, 0.15) is 46.0 Å². The van der Waals surface area contributed by atoms with Crippen molar-refractivity contribution in [1.82, 2.24) is 14.8 Å². The number of oxazole rings is 1. The second-order valence-corrected chi connectivity index (χ2v) is 9.43. The molecule has 2 saturated heterocycles. The van der Waals surface area contributed by atoms with E-state index in [1.54, 1.807) is 0 Å². The maximum atomic E-state index is 12.8. The maximum absolute atomic E-state index is 12.8. The standard InChI is InChI=1S/C24H36N4O2/c1-18(2)8-13-26(3)23(29)19-9-14-27(15-10-19)20-11-16-28(17-12-20)24-25-21-6-4-5-7-22(21)30-24/h4-7,18-20H,8-17H2,1-3H3. The van der Waals surface area contributed by atoms with Crippen molar-refractivity contribution in [2.75, 3.05) is 44.7 Å². The van der Waals surface area contributed by atoms with Crippen molar-refractivity contribution in [1.29, 1.82) is 0 Å². The van der Waals surface area contributed by atoms with E-state index >= 15 is 0 Å². The van der Waals surface area contributed by atoms with Crippen LogP contribution in [0.5, 0.6) is 0 Å². The zero-order valence-corrected chi connectivity index (χ0v) is 18.7. The van der Waals surface area contributed by atoms with E-state index in [0.717, 1.165) is 81.9 Å². The molecule has 0 unspecified atom stereocenters. The van der Waals surface area contributed by atoms with Gasteiger partial charge in [0, 0.05) is 38.6 Å². The number of amides is 1. The molecule has 4 rings (SSSR count). The van der Waals surface area contributed by atoms with E-state index < -0.39 is 0 Å². The van der Waals surface area contributed by atoms with Crippen LogP contribution in [0.3, 0.4) is 0 Å². The van der Waals surface area contributed by atoms with Crippen molar-refractivity contribution in [3.63, 3.8) is 0 Å². The van der Waals surface area contributed by atoms with Crippen LogP contribution in [-0.4, -0.2) is 66.5 Å². The van der Waals surface area contributed by atoms with Gasteiger partial charge in [-0.1, -0.05) is 26.0 Å². The van der Waals surface area contributed by atoms with Gasteiger partial charge in [-0.05, 0) is 63.2 Å². The monoisotopic (exact) mass is 412 g/mol. The molecule has 0 atom stereocenters. The van der Waals surface area contributed by atoms with Gasteiger partial charge in [0.2, 0.25) is 5.91 Å². The number of para-hydroxylation sites is 2. The molecule has 0 N–H and O–H groups in total. The molecule has 1 aromatic carbocycles. The number of carbonyl (C=O) groups excluding carboxylic acids is 1. The largest absolute Gasteiger partial charge is 0.423 e. The van der Waals surface area contributed by atoms with E-state index in [0.29, 0.717) is 17.9 Å². The summed E-state index contributed by atoms with van der Waals surface area (Å²) < 4.78 is 5.94. The van der Waals surface area contributed by atoms with Crippen LogP contribution in [0.25, 0.3) is 11.1 Å². The molecule has 0 spiro atoms. The highest BCUT2D eigenvalue weighted by Crippen LogP contribution is 2.28. The highest BCUT2D eigenvalue weighted by Gasteiger charge is 2.32. The minimum Gasteiger partial charge on any atom is -0.423 e. The second kappa shape index (κ2) is 9.38. The van der Waals surface area contributed by atoms with Gasteiger partial charge < -0.3 is 19.1 Å². The Kier molecular flexibility index (Phi) is 6.61. The Hall–Kier alpha value is -2.08. The lowest BCUT2D eigenvalue weighted by molar-refractivity contribution is -0.136. The average Bonchev–Trinajstić information content (AvgIpc) is 3.21. The first kappa shape index (κ1) is 21.2. The van der Waals surface area contributed by atoms with Gasteiger partial charge in [-0.3, -0.25) is 4.79 Å². The highest BCUT2D eigenvalue weighted by atomic mass is 16.4. The van der Waals surface area contributed by atoms with Crippen LogP contribution in [0.4, 0.5) is 6.01 Å². The van der Waals surface area contributed by atoms with Crippen molar-refractivity contribution in [3.8, 4) is 0 Å². The first-order valence-electron chi connectivity index (χ1n) is 11.6. The van der Waals surface area contributed by atoms with Crippen molar-refractivity contribution >= 4 is 23.0 Å². The first-order chi connectivity index (χ1) is 14.5. The van der Waals surface area contributed by atoms with Crippen LogP contribution in [0.2, 0.25) is 0 Å². The summed E-state index contributed by atoms with van der Waals surface area (Å²) in [6.07, 6.45) is 5.34. The molecule has 30 heavy (non-hydrogen) atoms. The third-order valence-electron chi connectivity index (χ3n) is 6.83. The number of carbonyl (C=O) groups is 1. The number of fused-ring (bicyclic) bond motifs is 1. The second-order valence-electron chi connectivity index (χ2n) is 9.43. The molecule has 1 amide bonds. The fraction of sp³-hybridized carbons (Fsp3) is 0.667. The summed E-state index contributed by atoms with van der Waals surface area (Å²) in [5.74, 6) is 1.20. The summed E-state index contributed by atoms with van der Waals surface area (Å²) in [4.78, 5) is 24.2. The molecule has 3 heterocycles. The Labute approximate surface area is 180 Å². The predicted octanol–water partition coefficient (Wildman–Crippen LogP) is 4.01. The Balaban J connectivity index is 1.24. The number of hydrogen-bond acceptors (Lipinski definition) is 5. The summed E-state index contributed by atoms with van der Waals surface area (Å²) in [5, 5.41) is 0. The van der Waals surface area contributed by atoms with Crippen molar-refractivity contribution in [2.24, 2.45) is 11.8 Å². The molecule has 164 valence electrons. The summed E-state index contributed by atoms with van der Waals surface area (Å²) in [5.41, 5.74) is 1.79. The molecule has 2 aromatic rings. The summed E-state index contributed by atoms with van der Waals surface area (Å²) >= 11 is 0. The third kappa shape index (κ3) is 4.80. The Morgan fingerprint density at radius 1 is 1.13 bits per heavy atom. The van der Waals surface area contributed by atoms with Crippen molar-refractivity contribution in [2.45, 2.75) is 52.0 Å². The smallest absolute Gasteiger partial charge is 0.298 e. The molecular weight excluding hydrogens is 376 g/mol. The lowest BCUT2D eigenvalue weighted by atomic mass is 9.92. The van der Waals surface area contributed by atoms with E-state index in [1.165, 1.54) is 0 Å². The molecular formula is C24H36N4O2. The molecule has 0 bridgehead atoms. The number of piperidine rings is 2. The van der Waals surface area contributed by atoms with Crippen LogP contribution in [0, 0.1) is 11.8 Å². The molecule has 2 aliphatic rings. The third-order valence-corrected chi connectivity index (χ3v) is 6.83. The van der Waals surface area contributed by atoms with Crippen LogP contribution >= 0.6 is 0 Å². The van der Waals surface area contributed by atoms with Gasteiger partial charge in [0.1, 0.15) is 5.52 Å². The molecule has 6 heteroatoms. The number of anilines is 1. The number of benzene rings is 1. The van der Waals surface area contributed by atoms with E-state index in [1.807, 2.05) is 36.2 Å². The average molecular weight is 413 g/mol. The van der Waals surface area contributed by atoms with Gasteiger partial charge in [0.05, 0.1) is 0 Å². The van der Waals surface area contributed by atoms with Crippen molar-refractivity contribution in [3.05, 3.63) is 24.3 Å². The molecule has 2 fully saturated rings. The molecule has 0 radical (unpaired) electrons. The lowest BCUT2D eigenvalue weighted by Gasteiger charge is -2.41. The van der Waals surface area contributed by atoms with Gasteiger partial charge in [0.15, 0.2) is 5.58 Å². The van der Waals surface area contributed by atoms with Gasteiger partial charge >= 0.3 is 0 Å². The normalized spacial score (nSPS) is 19.7. The zero-order valence-electron chi connectivity index (χ0n) is 18.7. The molecule has 0 aliphatic carbocycles. The Morgan fingerprint density at radius 2 is 1.83 bits per heavy atom. The first-order valence-corrected chi connectivity index (χ1v) is 11.6.